The van der Waals surface area contributed by atoms with Crippen LogP contribution in [-0.4, -0.2) is 23.1 Å². The van der Waals surface area contributed by atoms with Crippen molar-refractivity contribution in [1.82, 2.24) is 9.97 Å². The van der Waals surface area contributed by atoms with Crippen molar-refractivity contribution < 1.29 is 0 Å². The summed E-state index contributed by atoms with van der Waals surface area (Å²) in [5.74, 6) is 1.07. The minimum Gasteiger partial charge on any atom is -0.355 e. The molecule has 0 spiro atoms. The van der Waals surface area contributed by atoms with Crippen LogP contribution in [0.1, 0.15) is 29.8 Å². The Morgan fingerprint density at radius 2 is 1.95 bits per heavy atom. The summed E-state index contributed by atoms with van der Waals surface area (Å²) >= 11 is 5.87. The first kappa shape index (κ1) is 14.6. The lowest BCUT2D eigenvalue weighted by atomic mass is 10.1. The normalized spacial score (nSPS) is 14.1. The molecule has 112 valence electrons. The molecule has 2 heterocycles. The number of anilines is 1. The fourth-order valence-corrected chi connectivity index (χ4v) is 2.77. The summed E-state index contributed by atoms with van der Waals surface area (Å²) in [6.07, 6.45) is 2.62. The van der Waals surface area contributed by atoms with Gasteiger partial charge in [0.25, 0.3) is 5.56 Å². The van der Waals surface area contributed by atoms with Gasteiger partial charge in [-0.2, -0.15) is 5.26 Å². The maximum atomic E-state index is 12.1. The Balaban J connectivity index is 1.97. The van der Waals surface area contributed by atoms with Crippen molar-refractivity contribution in [3.8, 4) is 6.07 Å². The van der Waals surface area contributed by atoms with Gasteiger partial charge in [-0.25, -0.2) is 4.98 Å². The van der Waals surface area contributed by atoms with Crippen LogP contribution in [0.4, 0.5) is 5.82 Å². The highest BCUT2D eigenvalue weighted by Gasteiger charge is 2.20. The van der Waals surface area contributed by atoms with Crippen LogP contribution in [0.15, 0.2) is 29.1 Å². The summed E-state index contributed by atoms with van der Waals surface area (Å²) in [5.41, 5.74) is 0.731. The predicted octanol–water partition coefficient (Wildman–Crippen LogP) is 2.49. The molecule has 0 bridgehead atoms. The van der Waals surface area contributed by atoms with E-state index in [0.29, 0.717) is 23.1 Å². The molecule has 0 radical (unpaired) electrons. The smallest absolute Gasteiger partial charge is 0.271 e. The highest BCUT2D eigenvalue weighted by Crippen LogP contribution is 2.20. The zero-order valence-corrected chi connectivity index (χ0v) is 12.7. The molecule has 1 aliphatic heterocycles. The van der Waals surface area contributed by atoms with E-state index in [1.54, 1.807) is 12.1 Å². The van der Waals surface area contributed by atoms with E-state index in [0.717, 1.165) is 31.5 Å². The molecule has 0 unspecified atom stereocenters. The second kappa shape index (κ2) is 6.20. The van der Waals surface area contributed by atoms with Crippen LogP contribution in [0.2, 0.25) is 5.02 Å². The van der Waals surface area contributed by atoms with E-state index in [4.69, 9.17) is 11.6 Å². The number of hydrogen-bond acceptors (Lipinski definition) is 4. The van der Waals surface area contributed by atoms with E-state index >= 15 is 0 Å². The number of hydrogen-bond donors (Lipinski definition) is 1. The summed E-state index contributed by atoms with van der Waals surface area (Å²) in [7, 11) is 0. The summed E-state index contributed by atoms with van der Waals surface area (Å²) in [5, 5.41) is 9.89. The molecule has 1 aromatic heterocycles. The first-order valence-electron chi connectivity index (χ1n) is 7.20. The zero-order chi connectivity index (χ0) is 15.5. The molecule has 2 aromatic rings. The van der Waals surface area contributed by atoms with Crippen molar-refractivity contribution in [3.05, 3.63) is 56.6 Å². The molecule has 6 heteroatoms. The number of rotatable bonds is 3. The van der Waals surface area contributed by atoms with E-state index < -0.39 is 0 Å². The van der Waals surface area contributed by atoms with E-state index in [1.807, 2.05) is 23.1 Å². The quantitative estimate of drug-likeness (QED) is 0.944. The van der Waals surface area contributed by atoms with Gasteiger partial charge in [-0.05, 0) is 30.5 Å². The van der Waals surface area contributed by atoms with Gasteiger partial charge in [0.15, 0.2) is 11.4 Å². The number of nitrogens with one attached hydrogen (secondary N) is 1. The summed E-state index contributed by atoms with van der Waals surface area (Å²) in [6, 6.07) is 9.38. The lowest BCUT2D eigenvalue weighted by Crippen LogP contribution is -2.26. The van der Waals surface area contributed by atoms with Crippen molar-refractivity contribution >= 4 is 17.4 Å². The lowest BCUT2D eigenvalue weighted by Gasteiger charge is -2.18. The predicted molar refractivity (Wildman–Crippen MR) is 85.3 cm³/mol. The number of nitrogens with zero attached hydrogens (tertiary/aromatic N) is 3. The first-order valence-corrected chi connectivity index (χ1v) is 7.58. The Bertz CT molecular complexity index is 770. The standard InChI is InChI=1S/C16H15ClN4O/c17-12-5-3-11(4-6-12)9-14-19-15(21-7-1-2-8-21)13(10-18)16(22)20-14/h3-6H,1-2,7-9H2,(H,19,20,22). The monoisotopic (exact) mass is 314 g/mol. The third kappa shape index (κ3) is 2.97. The number of halogens is 1. The van der Waals surface area contributed by atoms with Gasteiger partial charge in [0.05, 0.1) is 0 Å². The molecule has 0 saturated carbocycles. The largest absolute Gasteiger partial charge is 0.355 e. The van der Waals surface area contributed by atoms with Crippen molar-refractivity contribution in [2.75, 3.05) is 18.0 Å². The van der Waals surface area contributed by atoms with Gasteiger partial charge in [-0.15, -0.1) is 0 Å². The second-order valence-electron chi connectivity index (χ2n) is 5.32. The molecule has 5 nitrogen and oxygen atoms in total. The molecule has 1 saturated heterocycles. The summed E-state index contributed by atoms with van der Waals surface area (Å²) in [4.78, 5) is 21.4. The number of nitriles is 1. The van der Waals surface area contributed by atoms with Gasteiger partial charge >= 0.3 is 0 Å². The van der Waals surface area contributed by atoms with Crippen molar-refractivity contribution in [2.45, 2.75) is 19.3 Å². The van der Waals surface area contributed by atoms with Crippen LogP contribution in [0.25, 0.3) is 0 Å². The van der Waals surface area contributed by atoms with Crippen molar-refractivity contribution in [3.63, 3.8) is 0 Å². The van der Waals surface area contributed by atoms with Crippen LogP contribution in [0, 0.1) is 11.3 Å². The Morgan fingerprint density at radius 3 is 2.59 bits per heavy atom. The highest BCUT2D eigenvalue weighted by molar-refractivity contribution is 6.30. The summed E-state index contributed by atoms with van der Waals surface area (Å²) < 4.78 is 0. The third-order valence-electron chi connectivity index (χ3n) is 3.75. The molecule has 0 aliphatic carbocycles. The van der Waals surface area contributed by atoms with Crippen LogP contribution < -0.4 is 10.5 Å². The van der Waals surface area contributed by atoms with E-state index in [-0.39, 0.29) is 11.1 Å². The number of H-pyrrole nitrogens is 1. The topological polar surface area (TPSA) is 72.8 Å². The molecule has 3 rings (SSSR count). The van der Waals surface area contributed by atoms with Gasteiger partial charge in [-0.3, -0.25) is 4.79 Å². The fraction of sp³-hybridized carbons (Fsp3) is 0.312. The third-order valence-corrected chi connectivity index (χ3v) is 4.00. The SMILES string of the molecule is N#Cc1c(N2CCCC2)nc(Cc2ccc(Cl)cc2)[nH]c1=O. The number of aromatic nitrogens is 2. The van der Waals surface area contributed by atoms with Crippen LogP contribution in [0.5, 0.6) is 0 Å². The Labute approximate surface area is 133 Å². The molecule has 1 aliphatic rings. The van der Waals surface area contributed by atoms with Crippen molar-refractivity contribution in [2.24, 2.45) is 0 Å². The molecule has 0 amide bonds. The average molecular weight is 315 g/mol. The van der Waals surface area contributed by atoms with E-state index in [1.165, 1.54) is 0 Å². The zero-order valence-electron chi connectivity index (χ0n) is 12.0. The lowest BCUT2D eigenvalue weighted by molar-refractivity contribution is 0.872. The van der Waals surface area contributed by atoms with Crippen LogP contribution in [0.3, 0.4) is 0 Å². The molecular weight excluding hydrogens is 300 g/mol. The molecular formula is C16H15ClN4O. The molecule has 1 fully saturated rings. The maximum Gasteiger partial charge on any atom is 0.271 e. The van der Waals surface area contributed by atoms with Gasteiger partial charge in [-0.1, -0.05) is 23.7 Å². The van der Waals surface area contributed by atoms with Gasteiger partial charge in [0.2, 0.25) is 0 Å². The molecule has 1 N–H and O–H groups in total. The van der Waals surface area contributed by atoms with Gasteiger partial charge in [0, 0.05) is 24.5 Å². The molecule has 0 atom stereocenters. The van der Waals surface area contributed by atoms with Crippen LogP contribution >= 0.6 is 11.6 Å². The van der Waals surface area contributed by atoms with E-state index in [9.17, 15) is 10.1 Å². The summed E-state index contributed by atoms with van der Waals surface area (Å²) in [6.45, 7) is 1.68. The minimum atomic E-state index is -0.372. The molecule has 1 aromatic carbocycles. The Kier molecular flexibility index (Phi) is 4.12. The average Bonchev–Trinajstić information content (AvgIpc) is 3.03. The second-order valence-corrected chi connectivity index (χ2v) is 5.76. The van der Waals surface area contributed by atoms with Gasteiger partial charge < -0.3 is 9.88 Å². The maximum absolute atomic E-state index is 12.1. The number of aromatic amines is 1. The number of benzene rings is 1. The van der Waals surface area contributed by atoms with E-state index in [2.05, 4.69) is 9.97 Å². The minimum absolute atomic E-state index is 0.0988. The Morgan fingerprint density at radius 1 is 1.27 bits per heavy atom. The van der Waals surface area contributed by atoms with Crippen LogP contribution in [-0.2, 0) is 6.42 Å². The first-order chi connectivity index (χ1) is 10.7. The van der Waals surface area contributed by atoms with Crippen molar-refractivity contribution in [1.29, 1.82) is 5.26 Å². The van der Waals surface area contributed by atoms with Gasteiger partial charge in [0.1, 0.15) is 11.9 Å². The molecule has 22 heavy (non-hydrogen) atoms. The fourth-order valence-electron chi connectivity index (χ4n) is 2.64. The highest BCUT2D eigenvalue weighted by atomic mass is 35.5. The Hall–Kier alpha value is -2.32.